The van der Waals surface area contributed by atoms with Gasteiger partial charge < -0.3 is 5.32 Å². The molecule has 0 saturated carbocycles. The van der Waals surface area contributed by atoms with Crippen LogP contribution in [-0.4, -0.2) is 40.6 Å². The second-order valence-electron chi connectivity index (χ2n) is 7.19. The van der Waals surface area contributed by atoms with Crippen LogP contribution in [0.25, 0.3) is 0 Å². The molecule has 0 radical (unpaired) electrons. The van der Waals surface area contributed by atoms with Crippen LogP contribution in [0.1, 0.15) is 23.1 Å². The lowest BCUT2D eigenvalue weighted by Gasteiger charge is -2.41. The van der Waals surface area contributed by atoms with Gasteiger partial charge in [0.25, 0.3) is 5.91 Å². The number of amides is 5. The molecule has 2 aromatic carbocycles. The number of halogens is 1. The van der Waals surface area contributed by atoms with Crippen molar-refractivity contribution in [2.75, 3.05) is 11.9 Å². The lowest BCUT2D eigenvalue weighted by molar-refractivity contribution is -0.118. The fourth-order valence-electron chi connectivity index (χ4n) is 3.15. The third kappa shape index (κ3) is 5.18. The average molecular weight is 444 g/mol. The van der Waals surface area contributed by atoms with Gasteiger partial charge >= 0.3 is 12.1 Å². The van der Waals surface area contributed by atoms with Crippen molar-refractivity contribution in [3.05, 3.63) is 69.1 Å². The highest BCUT2D eigenvalue weighted by Gasteiger charge is 2.38. The number of benzene rings is 2. The number of hydrogen-bond acceptors (Lipinski definition) is 5. The number of nitrogens with one attached hydrogen (secondary N) is 2. The van der Waals surface area contributed by atoms with Gasteiger partial charge in [0.2, 0.25) is 0 Å². The van der Waals surface area contributed by atoms with Crippen LogP contribution < -0.4 is 10.6 Å². The van der Waals surface area contributed by atoms with Gasteiger partial charge in [-0.1, -0.05) is 47.5 Å². The minimum absolute atomic E-state index is 0.201. The maximum Gasteiger partial charge on any atom is 0.331 e. The van der Waals surface area contributed by atoms with E-state index in [-0.39, 0.29) is 19.5 Å². The fraction of sp³-hybridized carbons (Fsp3) is 0.286. The van der Waals surface area contributed by atoms with Crippen LogP contribution in [0.4, 0.5) is 15.3 Å². The summed E-state index contributed by atoms with van der Waals surface area (Å²) in [7, 11) is 0. The maximum absolute atomic E-state index is 13.2. The third-order valence-corrected chi connectivity index (χ3v) is 5.39. The van der Waals surface area contributed by atoms with Crippen LogP contribution in [0.15, 0.2) is 47.6 Å². The topological polar surface area (TPSA) is 111 Å². The Morgan fingerprint density at radius 1 is 1.16 bits per heavy atom. The molecule has 31 heavy (non-hydrogen) atoms. The molecule has 9 nitrogen and oxygen atoms in total. The highest BCUT2D eigenvalue weighted by molar-refractivity contribution is 6.31. The predicted octanol–water partition coefficient (Wildman–Crippen LogP) is 3.98. The second-order valence-corrected chi connectivity index (χ2v) is 7.60. The van der Waals surface area contributed by atoms with Crippen molar-refractivity contribution < 1.29 is 14.4 Å². The summed E-state index contributed by atoms with van der Waals surface area (Å²) in [5.41, 5.74) is 3.36. The molecule has 10 heteroatoms. The van der Waals surface area contributed by atoms with E-state index in [9.17, 15) is 19.3 Å². The lowest BCUT2D eigenvalue weighted by Crippen LogP contribution is -2.67. The Hall–Kier alpha value is -3.46. The van der Waals surface area contributed by atoms with E-state index in [4.69, 9.17) is 11.6 Å². The van der Waals surface area contributed by atoms with Crippen molar-refractivity contribution >= 4 is 35.3 Å². The Labute approximate surface area is 184 Å². The van der Waals surface area contributed by atoms with Gasteiger partial charge in [-0.15, -0.1) is 4.91 Å². The summed E-state index contributed by atoms with van der Waals surface area (Å²) in [6.07, 6.45) is -1.19. The summed E-state index contributed by atoms with van der Waals surface area (Å²) in [5.74, 6) is -0.930. The fourth-order valence-corrected chi connectivity index (χ4v) is 3.32. The molecule has 3 rings (SSSR count). The molecular weight excluding hydrogens is 422 g/mol. The van der Waals surface area contributed by atoms with Crippen molar-refractivity contribution in [3.63, 3.8) is 0 Å². The Morgan fingerprint density at radius 2 is 1.87 bits per heavy atom. The molecule has 1 aliphatic rings. The van der Waals surface area contributed by atoms with Gasteiger partial charge in [-0.05, 0) is 37.1 Å². The standard InChI is InChI=1S/C21H22ClN5O4/c1-13-6-8-15(9-7-13)12-27-19(23-17-5-3-4-16(22)14(17)2)24-20(29)26(21(27)30)11-10-18(28)25-31/h3-9,19,23H,10-12H2,1-2H3,(H,24,29). The normalized spacial score (nSPS) is 16.2. The van der Waals surface area contributed by atoms with Gasteiger partial charge in [0.15, 0.2) is 6.29 Å². The van der Waals surface area contributed by atoms with Crippen LogP contribution in [0.3, 0.4) is 0 Å². The molecule has 1 fully saturated rings. The van der Waals surface area contributed by atoms with Gasteiger partial charge in [-0.25, -0.2) is 14.5 Å². The predicted molar refractivity (Wildman–Crippen MR) is 116 cm³/mol. The molecule has 0 bridgehead atoms. The summed E-state index contributed by atoms with van der Waals surface area (Å²) in [6.45, 7) is 3.74. The first kappa shape index (κ1) is 22.2. The minimum atomic E-state index is -0.930. The zero-order valence-corrected chi connectivity index (χ0v) is 17.8. The molecule has 162 valence electrons. The molecule has 0 aromatic heterocycles. The summed E-state index contributed by atoms with van der Waals surface area (Å²) in [5, 5.41) is 8.75. The third-order valence-electron chi connectivity index (χ3n) is 4.98. The van der Waals surface area contributed by atoms with Crippen molar-refractivity contribution in [1.29, 1.82) is 0 Å². The minimum Gasteiger partial charge on any atom is -0.348 e. The molecular formula is C21H22ClN5O4. The quantitative estimate of drug-likeness (QED) is 0.628. The average Bonchev–Trinajstić information content (AvgIpc) is 2.75. The number of urea groups is 2. The Morgan fingerprint density at radius 3 is 2.55 bits per heavy atom. The smallest absolute Gasteiger partial charge is 0.331 e. The molecule has 1 saturated heterocycles. The first-order valence-corrected chi connectivity index (χ1v) is 10.00. The number of anilines is 1. The molecule has 1 unspecified atom stereocenters. The Kier molecular flexibility index (Phi) is 6.86. The lowest BCUT2D eigenvalue weighted by atomic mass is 10.1. The number of carbonyl (C=O) groups excluding carboxylic acids is 3. The molecule has 2 N–H and O–H groups in total. The van der Waals surface area contributed by atoms with Crippen LogP contribution >= 0.6 is 11.6 Å². The van der Waals surface area contributed by atoms with E-state index in [0.29, 0.717) is 10.7 Å². The number of hydrogen-bond donors (Lipinski definition) is 2. The van der Waals surface area contributed by atoms with Gasteiger partial charge in [-0.2, -0.15) is 0 Å². The van der Waals surface area contributed by atoms with Crippen LogP contribution in [0.2, 0.25) is 5.02 Å². The molecule has 0 spiro atoms. The van der Waals surface area contributed by atoms with E-state index in [2.05, 4.69) is 15.8 Å². The van der Waals surface area contributed by atoms with Crippen molar-refractivity contribution in [1.82, 2.24) is 15.1 Å². The number of carbonyl (C=O) groups is 3. The summed E-state index contributed by atoms with van der Waals surface area (Å²) in [6, 6.07) is 11.7. The molecule has 0 aliphatic carbocycles. The van der Waals surface area contributed by atoms with E-state index >= 15 is 0 Å². The van der Waals surface area contributed by atoms with Crippen molar-refractivity contribution in [2.24, 2.45) is 5.18 Å². The van der Waals surface area contributed by atoms with Gasteiger partial charge in [-0.3, -0.25) is 15.0 Å². The Balaban J connectivity index is 1.88. The molecule has 2 aromatic rings. The zero-order chi connectivity index (χ0) is 22.5. The van der Waals surface area contributed by atoms with Gasteiger partial charge in [0.1, 0.15) is 0 Å². The highest BCUT2D eigenvalue weighted by atomic mass is 35.5. The van der Waals surface area contributed by atoms with E-state index in [1.807, 2.05) is 38.1 Å². The first-order valence-electron chi connectivity index (χ1n) is 9.62. The number of imide groups is 1. The number of nitrogens with zero attached hydrogens (tertiary/aromatic N) is 3. The van der Waals surface area contributed by atoms with Crippen LogP contribution in [-0.2, 0) is 11.3 Å². The van der Waals surface area contributed by atoms with E-state index in [1.54, 1.807) is 18.2 Å². The Bertz CT molecular complexity index is 1010. The second kappa shape index (κ2) is 9.57. The van der Waals surface area contributed by atoms with Crippen molar-refractivity contribution in [2.45, 2.75) is 33.1 Å². The van der Waals surface area contributed by atoms with E-state index < -0.39 is 24.3 Å². The first-order chi connectivity index (χ1) is 14.8. The van der Waals surface area contributed by atoms with Gasteiger partial charge in [0.05, 0.1) is 13.0 Å². The number of rotatable bonds is 7. The summed E-state index contributed by atoms with van der Waals surface area (Å²) in [4.78, 5) is 49.7. The van der Waals surface area contributed by atoms with Gasteiger partial charge in [0, 0.05) is 22.4 Å². The van der Waals surface area contributed by atoms with E-state index in [0.717, 1.165) is 21.6 Å². The molecule has 5 amide bonds. The van der Waals surface area contributed by atoms with Crippen molar-refractivity contribution in [3.8, 4) is 0 Å². The molecule has 1 heterocycles. The molecule has 1 atom stereocenters. The van der Waals surface area contributed by atoms with Crippen LogP contribution in [0, 0.1) is 18.8 Å². The summed E-state index contributed by atoms with van der Waals surface area (Å²) >= 11 is 6.20. The van der Waals surface area contributed by atoms with E-state index in [1.165, 1.54) is 4.90 Å². The monoisotopic (exact) mass is 443 g/mol. The molecule has 1 aliphatic heterocycles. The summed E-state index contributed by atoms with van der Waals surface area (Å²) < 4.78 is 0. The van der Waals surface area contributed by atoms with Crippen LogP contribution in [0.5, 0.6) is 0 Å². The zero-order valence-electron chi connectivity index (χ0n) is 17.1. The number of nitroso groups, excluding NO2 is 1. The largest absolute Gasteiger partial charge is 0.348 e. The highest BCUT2D eigenvalue weighted by Crippen LogP contribution is 2.25. The maximum atomic E-state index is 13.2. The number of aryl methyl sites for hydroxylation is 1. The SMILES string of the molecule is Cc1ccc(CN2C(=O)N(CCC(=O)N=O)C(=O)NC2Nc2cccc(Cl)c2C)cc1.